The number of carbonyl (C=O) groups excluding carboxylic acids is 1. The van der Waals surface area contributed by atoms with E-state index in [0.29, 0.717) is 12.3 Å². The molecule has 2 heterocycles. The summed E-state index contributed by atoms with van der Waals surface area (Å²) in [6.45, 7) is 2.72. The van der Waals surface area contributed by atoms with Crippen molar-refractivity contribution in [1.29, 1.82) is 0 Å². The van der Waals surface area contributed by atoms with Crippen LogP contribution >= 0.6 is 0 Å². The minimum atomic E-state index is -0.739. The Labute approximate surface area is 151 Å². The molecule has 3 rings (SSSR count). The van der Waals surface area contributed by atoms with Crippen LogP contribution in [0.1, 0.15) is 17.3 Å². The molecule has 1 aliphatic heterocycles. The maximum Gasteiger partial charge on any atom is 0.261 e. The van der Waals surface area contributed by atoms with Crippen LogP contribution < -0.4 is 10.3 Å². The maximum absolute atomic E-state index is 12.6. The van der Waals surface area contributed by atoms with Gasteiger partial charge in [-0.3, -0.25) is 9.59 Å². The van der Waals surface area contributed by atoms with Gasteiger partial charge in [0.25, 0.3) is 11.5 Å². The van der Waals surface area contributed by atoms with Crippen LogP contribution in [0.2, 0.25) is 0 Å². The Morgan fingerprint density at radius 2 is 1.96 bits per heavy atom. The molecule has 0 saturated carbocycles. The number of aliphatic hydroxyl groups excluding tert-OH is 1. The molecule has 7 nitrogen and oxygen atoms in total. The predicted octanol–water partition coefficient (Wildman–Crippen LogP) is 1.27. The second-order valence-electron chi connectivity index (χ2n) is 6.11. The first-order valence-electron chi connectivity index (χ1n) is 8.50. The molecule has 2 atom stereocenters. The number of nitrogens with one attached hydrogen (secondary N) is 1. The molecule has 1 aromatic carbocycles. The Bertz CT molecular complexity index is 831. The molecule has 2 N–H and O–H groups in total. The summed E-state index contributed by atoms with van der Waals surface area (Å²) >= 11 is 0. The predicted molar refractivity (Wildman–Crippen MR) is 96.4 cm³/mol. The second kappa shape index (κ2) is 7.72. The largest absolute Gasteiger partial charge is 0.497 e. The maximum atomic E-state index is 12.6. The summed E-state index contributed by atoms with van der Waals surface area (Å²) in [6, 6.07) is 10.5. The van der Waals surface area contributed by atoms with Crippen LogP contribution in [-0.4, -0.2) is 59.9 Å². The van der Waals surface area contributed by atoms with E-state index >= 15 is 0 Å². The Kier molecular flexibility index (Phi) is 5.39. The van der Waals surface area contributed by atoms with Crippen LogP contribution in [0.4, 0.5) is 0 Å². The van der Waals surface area contributed by atoms with E-state index in [4.69, 9.17) is 9.47 Å². The van der Waals surface area contributed by atoms with Gasteiger partial charge in [-0.25, -0.2) is 0 Å². The lowest BCUT2D eigenvalue weighted by Crippen LogP contribution is -2.34. The number of rotatable bonds is 5. The van der Waals surface area contributed by atoms with Gasteiger partial charge in [0, 0.05) is 25.4 Å². The Hall–Kier alpha value is -2.64. The number of carbonyl (C=O) groups is 1. The van der Waals surface area contributed by atoms with Crippen molar-refractivity contribution in [3.63, 3.8) is 0 Å². The first-order valence-corrected chi connectivity index (χ1v) is 8.50. The molecule has 1 saturated heterocycles. The van der Waals surface area contributed by atoms with E-state index in [1.54, 1.807) is 25.3 Å². The topological polar surface area (TPSA) is 91.9 Å². The molecule has 1 amide bonds. The SMILES string of the molecule is CCO[C@H]1CN(C(=O)c2ccc(-c3ccc(OC)cc3)[nH]c2=O)C[C@@H]1O. The van der Waals surface area contributed by atoms with Crippen molar-refractivity contribution in [3.05, 3.63) is 52.3 Å². The molecule has 7 heteroatoms. The number of amides is 1. The minimum Gasteiger partial charge on any atom is -0.497 e. The molecule has 1 fully saturated rings. The lowest BCUT2D eigenvalue weighted by Gasteiger charge is -2.15. The standard InChI is InChI=1S/C19H22N2O5/c1-3-26-17-11-21(10-16(17)22)19(24)14-8-9-15(20-18(14)23)12-4-6-13(25-2)7-5-12/h4-9,16-17,22H,3,10-11H2,1-2H3,(H,20,23)/t16-,17-/m0/s1. The van der Waals surface area contributed by atoms with Gasteiger partial charge in [0.15, 0.2) is 0 Å². The number of pyridine rings is 1. The van der Waals surface area contributed by atoms with E-state index in [-0.39, 0.29) is 18.7 Å². The summed E-state index contributed by atoms with van der Waals surface area (Å²) in [5, 5.41) is 9.98. The van der Waals surface area contributed by atoms with Gasteiger partial charge in [-0.1, -0.05) is 0 Å². The second-order valence-corrected chi connectivity index (χ2v) is 6.11. The monoisotopic (exact) mass is 358 g/mol. The third-order valence-electron chi connectivity index (χ3n) is 4.45. The smallest absolute Gasteiger partial charge is 0.261 e. The molecule has 1 aliphatic rings. The van der Waals surface area contributed by atoms with Gasteiger partial charge in [0.1, 0.15) is 17.4 Å². The van der Waals surface area contributed by atoms with Gasteiger partial charge in [-0.2, -0.15) is 0 Å². The number of aliphatic hydroxyl groups is 1. The molecular formula is C19H22N2O5. The average Bonchev–Trinajstić information content (AvgIpc) is 3.02. The number of aromatic nitrogens is 1. The third-order valence-corrected chi connectivity index (χ3v) is 4.45. The van der Waals surface area contributed by atoms with Crippen molar-refractivity contribution in [1.82, 2.24) is 9.88 Å². The van der Waals surface area contributed by atoms with Gasteiger partial charge in [0.05, 0.1) is 13.2 Å². The number of hydrogen-bond donors (Lipinski definition) is 2. The molecule has 0 aliphatic carbocycles. The highest BCUT2D eigenvalue weighted by Gasteiger charge is 2.35. The number of H-pyrrole nitrogens is 1. The highest BCUT2D eigenvalue weighted by atomic mass is 16.5. The number of β-amino-alcohol motifs (C(OH)–C–C–N with tert-alkyl or cyclic N) is 1. The van der Waals surface area contributed by atoms with Crippen LogP contribution in [0, 0.1) is 0 Å². The van der Waals surface area contributed by atoms with Crippen LogP contribution in [0.25, 0.3) is 11.3 Å². The number of methoxy groups -OCH3 is 1. The number of aromatic amines is 1. The highest BCUT2D eigenvalue weighted by molar-refractivity contribution is 5.94. The highest BCUT2D eigenvalue weighted by Crippen LogP contribution is 2.21. The van der Waals surface area contributed by atoms with Crippen molar-refractivity contribution in [2.24, 2.45) is 0 Å². The van der Waals surface area contributed by atoms with Crippen molar-refractivity contribution in [2.45, 2.75) is 19.1 Å². The van der Waals surface area contributed by atoms with E-state index in [1.165, 1.54) is 11.0 Å². The zero-order valence-corrected chi connectivity index (χ0v) is 14.8. The van der Waals surface area contributed by atoms with E-state index in [2.05, 4.69) is 4.98 Å². The van der Waals surface area contributed by atoms with Gasteiger partial charge in [0.2, 0.25) is 0 Å². The summed E-state index contributed by atoms with van der Waals surface area (Å²) in [6.07, 6.45) is -1.15. The fourth-order valence-electron chi connectivity index (χ4n) is 3.05. The molecular weight excluding hydrogens is 336 g/mol. The number of ether oxygens (including phenoxy) is 2. The minimum absolute atomic E-state index is 0.0478. The van der Waals surface area contributed by atoms with E-state index in [1.807, 2.05) is 19.1 Å². The van der Waals surface area contributed by atoms with Crippen molar-refractivity contribution in [2.75, 3.05) is 26.8 Å². The molecule has 1 aromatic heterocycles. The van der Waals surface area contributed by atoms with E-state index < -0.39 is 23.7 Å². The fraction of sp³-hybridized carbons (Fsp3) is 0.368. The van der Waals surface area contributed by atoms with Crippen molar-refractivity contribution < 1.29 is 19.4 Å². The lowest BCUT2D eigenvalue weighted by molar-refractivity contribution is -0.00237. The Morgan fingerprint density at radius 1 is 1.23 bits per heavy atom. The molecule has 0 unspecified atom stereocenters. The zero-order valence-electron chi connectivity index (χ0n) is 14.8. The van der Waals surface area contributed by atoms with E-state index in [0.717, 1.165) is 11.3 Å². The van der Waals surface area contributed by atoms with Gasteiger partial charge >= 0.3 is 0 Å². The van der Waals surface area contributed by atoms with Crippen LogP contribution in [-0.2, 0) is 4.74 Å². The van der Waals surface area contributed by atoms with Gasteiger partial charge < -0.3 is 24.5 Å². The fourth-order valence-corrected chi connectivity index (χ4v) is 3.05. The first-order chi connectivity index (χ1) is 12.5. The molecule has 2 aromatic rings. The summed E-state index contributed by atoms with van der Waals surface area (Å²) in [5.74, 6) is 0.313. The van der Waals surface area contributed by atoms with Crippen molar-refractivity contribution in [3.8, 4) is 17.0 Å². The van der Waals surface area contributed by atoms with Crippen LogP contribution in [0.3, 0.4) is 0 Å². The third kappa shape index (κ3) is 3.63. The van der Waals surface area contributed by atoms with Gasteiger partial charge in [-0.05, 0) is 48.9 Å². The first kappa shape index (κ1) is 18.2. The molecule has 0 radical (unpaired) electrons. The summed E-state index contributed by atoms with van der Waals surface area (Å²) in [5.41, 5.74) is 1.02. The summed E-state index contributed by atoms with van der Waals surface area (Å²) in [7, 11) is 1.59. The van der Waals surface area contributed by atoms with Gasteiger partial charge in [-0.15, -0.1) is 0 Å². The summed E-state index contributed by atoms with van der Waals surface area (Å²) in [4.78, 5) is 29.2. The lowest BCUT2D eigenvalue weighted by atomic mass is 10.1. The van der Waals surface area contributed by atoms with Crippen LogP contribution in [0.5, 0.6) is 5.75 Å². The Morgan fingerprint density at radius 3 is 2.58 bits per heavy atom. The normalized spacial score (nSPS) is 19.6. The number of nitrogens with zero attached hydrogens (tertiary/aromatic N) is 1. The average molecular weight is 358 g/mol. The number of likely N-dealkylation sites (tertiary alicyclic amines) is 1. The molecule has 138 valence electrons. The zero-order chi connectivity index (χ0) is 18.7. The number of benzene rings is 1. The molecule has 0 bridgehead atoms. The molecule has 26 heavy (non-hydrogen) atoms. The quantitative estimate of drug-likeness (QED) is 0.840. The number of hydrogen-bond acceptors (Lipinski definition) is 5. The summed E-state index contributed by atoms with van der Waals surface area (Å²) < 4.78 is 10.5. The van der Waals surface area contributed by atoms with Crippen LogP contribution in [0.15, 0.2) is 41.2 Å². The van der Waals surface area contributed by atoms with E-state index in [9.17, 15) is 14.7 Å². The van der Waals surface area contributed by atoms with Crippen molar-refractivity contribution >= 4 is 5.91 Å². The Balaban J connectivity index is 1.79. The molecule has 0 spiro atoms.